The first-order valence-corrected chi connectivity index (χ1v) is 16.0. The molecule has 238 valence electrons. The van der Waals surface area contributed by atoms with Gasteiger partial charge < -0.3 is 20.3 Å². The Balaban J connectivity index is 0.00000442. The van der Waals surface area contributed by atoms with E-state index >= 15 is 0 Å². The predicted octanol–water partition coefficient (Wildman–Crippen LogP) is 6.70. The smallest absolute Gasteiger partial charge is 0.239 e. The van der Waals surface area contributed by atoms with Crippen LogP contribution in [0.3, 0.4) is 0 Å². The summed E-state index contributed by atoms with van der Waals surface area (Å²) in [4.78, 5) is 19.8. The van der Waals surface area contributed by atoms with Crippen LogP contribution in [0.25, 0.3) is 11.1 Å². The number of rotatable bonds is 10. The van der Waals surface area contributed by atoms with Crippen molar-refractivity contribution in [1.82, 2.24) is 14.7 Å². The Morgan fingerprint density at radius 2 is 1.68 bits per heavy atom. The third-order valence-corrected chi connectivity index (χ3v) is 9.36. The van der Waals surface area contributed by atoms with E-state index in [1.165, 1.54) is 11.6 Å². The Bertz CT molecular complexity index is 1400. The molecule has 2 aliphatic rings. The summed E-state index contributed by atoms with van der Waals surface area (Å²) in [7, 11) is 0. The quantitative estimate of drug-likeness (QED) is 0.254. The van der Waals surface area contributed by atoms with Crippen molar-refractivity contribution in [2.24, 2.45) is 11.7 Å². The van der Waals surface area contributed by atoms with E-state index in [-0.39, 0.29) is 34.6 Å². The standard InChI is InChI=1S/C34H41Cl2FN4O2.BrH/c1-2-43-32-9-5-8-31(37)29(32)23-40-18-20-41(21-19-40)34(42)33(38)24-12-15-39(16-13-24)17-14-25-22-26(35)10-11-27(25)28-6-3-4-7-30(28)36;/h3-11,22,24,33H,2,12-21,23,38H2,1H3;1H. The van der Waals surface area contributed by atoms with Crippen molar-refractivity contribution >= 4 is 46.1 Å². The molecule has 0 spiro atoms. The van der Waals surface area contributed by atoms with Crippen LogP contribution in [0.15, 0.2) is 60.7 Å². The van der Waals surface area contributed by atoms with Gasteiger partial charge in [0.25, 0.3) is 0 Å². The molecule has 3 aromatic rings. The van der Waals surface area contributed by atoms with Crippen molar-refractivity contribution in [3.8, 4) is 16.9 Å². The van der Waals surface area contributed by atoms with Crippen LogP contribution < -0.4 is 10.5 Å². The molecule has 2 saturated heterocycles. The first kappa shape index (κ1) is 34.7. The predicted molar refractivity (Wildman–Crippen MR) is 182 cm³/mol. The molecule has 0 aromatic heterocycles. The zero-order chi connectivity index (χ0) is 30.3. The van der Waals surface area contributed by atoms with Crippen LogP contribution in [-0.2, 0) is 17.8 Å². The molecular formula is C34H42BrCl2FN4O2. The number of piperidine rings is 1. The van der Waals surface area contributed by atoms with Crippen molar-refractivity contribution in [3.63, 3.8) is 0 Å². The molecular weight excluding hydrogens is 666 g/mol. The van der Waals surface area contributed by atoms with Gasteiger partial charge in [0, 0.05) is 60.4 Å². The summed E-state index contributed by atoms with van der Waals surface area (Å²) in [5.74, 6) is 0.524. The molecule has 1 atom stereocenters. The van der Waals surface area contributed by atoms with Crippen LogP contribution in [0, 0.1) is 11.7 Å². The van der Waals surface area contributed by atoms with Gasteiger partial charge >= 0.3 is 0 Å². The highest BCUT2D eigenvalue weighted by molar-refractivity contribution is 8.93. The van der Waals surface area contributed by atoms with E-state index in [0.29, 0.717) is 50.6 Å². The first-order valence-electron chi connectivity index (χ1n) is 15.3. The first-order chi connectivity index (χ1) is 20.8. The van der Waals surface area contributed by atoms with E-state index in [9.17, 15) is 9.18 Å². The number of piperazine rings is 1. The van der Waals surface area contributed by atoms with Crippen molar-refractivity contribution in [2.45, 2.75) is 38.8 Å². The number of amides is 1. The zero-order valence-corrected chi connectivity index (χ0v) is 28.4. The average Bonchev–Trinajstić information content (AvgIpc) is 3.02. The van der Waals surface area contributed by atoms with Crippen molar-refractivity contribution in [2.75, 3.05) is 52.4 Å². The highest BCUT2D eigenvalue weighted by atomic mass is 79.9. The zero-order valence-electron chi connectivity index (χ0n) is 25.2. The summed E-state index contributed by atoms with van der Waals surface area (Å²) in [6, 6.07) is 18.3. The van der Waals surface area contributed by atoms with Crippen LogP contribution >= 0.6 is 40.2 Å². The number of benzene rings is 3. The van der Waals surface area contributed by atoms with Gasteiger partial charge in [0.2, 0.25) is 5.91 Å². The molecule has 2 fully saturated rings. The lowest BCUT2D eigenvalue weighted by molar-refractivity contribution is -0.136. The lowest BCUT2D eigenvalue weighted by Crippen LogP contribution is -2.55. The van der Waals surface area contributed by atoms with Crippen molar-refractivity contribution in [1.29, 1.82) is 0 Å². The Labute approximate surface area is 281 Å². The Morgan fingerprint density at radius 1 is 0.955 bits per heavy atom. The monoisotopic (exact) mass is 706 g/mol. The summed E-state index contributed by atoms with van der Waals surface area (Å²) in [5, 5.41) is 1.45. The number of halogens is 4. The van der Waals surface area contributed by atoms with Gasteiger partial charge in [0.05, 0.1) is 12.6 Å². The normalized spacial score (nSPS) is 17.2. The summed E-state index contributed by atoms with van der Waals surface area (Å²) in [6.45, 7) is 8.11. The van der Waals surface area contributed by atoms with Crippen LogP contribution in [-0.4, -0.2) is 79.1 Å². The molecule has 2 heterocycles. The molecule has 0 saturated carbocycles. The Hall–Kier alpha value is -2.20. The number of nitrogens with two attached hydrogens (primary N) is 1. The van der Waals surface area contributed by atoms with Crippen LogP contribution in [0.5, 0.6) is 5.75 Å². The Kier molecular flexibility index (Phi) is 12.9. The number of ether oxygens (including phenoxy) is 1. The molecule has 2 N–H and O–H groups in total. The molecule has 5 rings (SSSR count). The molecule has 0 bridgehead atoms. The largest absolute Gasteiger partial charge is 0.493 e. The number of carbonyl (C=O) groups excluding carboxylic acids is 1. The SMILES string of the molecule is Br.CCOc1cccc(F)c1CN1CCN(C(=O)C(N)C2CCN(CCc3cc(Cl)ccc3-c3ccccc3Cl)CC2)CC1. The minimum absolute atomic E-state index is 0. The number of carbonyl (C=O) groups is 1. The fourth-order valence-corrected chi connectivity index (χ4v) is 6.70. The second-order valence-electron chi connectivity index (χ2n) is 11.5. The third-order valence-electron chi connectivity index (χ3n) is 8.80. The maximum Gasteiger partial charge on any atom is 0.239 e. The number of likely N-dealkylation sites (tertiary alicyclic amines) is 1. The summed E-state index contributed by atoms with van der Waals surface area (Å²) in [5.41, 5.74) is 10.4. The molecule has 3 aromatic carbocycles. The maximum absolute atomic E-state index is 14.5. The number of hydrogen-bond donors (Lipinski definition) is 1. The lowest BCUT2D eigenvalue weighted by atomic mass is 9.88. The molecule has 0 aliphatic carbocycles. The second kappa shape index (κ2) is 16.4. The molecule has 2 aliphatic heterocycles. The van der Waals surface area contributed by atoms with Crippen LogP contribution in [0.2, 0.25) is 10.0 Å². The van der Waals surface area contributed by atoms with Crippen molar-refractivity contribution < 1.29 is 13.9 Å². The van der Waals surface area contributed by atoms with Gasteiger partial charge in [-0.25, -0.2) is 4.39 Å². The van der Waals surface area contributed by atoms with Gasteiger partial charge in [0.1, 0.15) is 11.6 Å². The third kappa shape index (κ3) is 8.53. The fourth-order valence-electron chi connectivity index (χ4n) is 6.27. The molecule has 1 amide bonds. The minimum atomic E-state index is -0.496. The summed E-state index contributed by atoms with van der Waals surface area (Å²) < 4.78 is 20.2. The van der Waals surface area contributed by atoms with E-state index in [1.807, 2.05) is 54.3 Å². The van der Waals surface area contributed by atoms with Gasteiger partial charge in [-0.05, 0) is 86.7 Å². The van der Waals surface area contributed by atoms with Gasteiger partial charge in [-0.15, -0.1) is 17.0 Å². The van der Waals surface area contributed by atoms with E-state index in [2.05, 4.69) is 9.80 Å². The number of nitrogens with zero attached hydrogens (tertiary/aromatic N) is 3. The highest BCUT2D eigenvalue weighted by Crippen LogP contribution is 2.33. The topological polar surface area (TPSA) is 62.0 Å². The minimum Gasteiger partial charge on any atom is -0.493 e. The molecule has 10 heteroatoms. The molecule has 0 radical (unpaired) electrons. The van der Waals surface area contributed by atoms with Gasteiger partial charge in [0.15, 0.2) is 0 Å². The number of hydrogen-bond acceptors (Lipinski definition) is 5. The van der Waals surface area contributed by atoms with E-state index in [4.69, 9.17) is 33.7 Å². The molecule has 44 heavy (non-hydrogen) atoms. The van der Waals surface area contributed by atoms with E-state index in [0.717, 1.165) is 60.1 Å². The van der Waals surface area contributed by atoms with Gasteiger partial charge in [-0.3, -0.25) is 9.69 Å². The van der Waals surface area contributed by atoms with Crippen LogP contribution in [0.1, 0.15) is 30.9 Å². The van der Waals surface area contributed by atoms with Gasteiger partial charge in [-0.1, -0.05) is 53.5 Å². The Morgan fingerprint density at radius 3 is 2.39 bits per heavy atom. The highest BCUT2D eigenvalue weighted by Gasteiger charge is 2.33. The average molecular weight is 709 g/mol. The van der Waals surface area contributed by atoms with Gasteiger partial charge in [-0.2, -0.15) is 0 Å². The molecule has 6 nitrogen and oxygen atoms in total. The van der Waals surface area contributed by atoms with E-state index in [1.54, 1.807) is 12.1 Å². The summed E-state index contributed by atoms with van der Waals surface area (Å²) in [6.07, 6.45) is 2.65. The second-order valence-corrected chi connectivity index (χ2v) is 12.3. The molecule has 1 unspecified atom stereocenters. The van der Waals surface area contributed by atoms with E-state index < -0.39 is 6.04 Å². The van der Waals surface area contributed by atoms with Crippen molar-refractivity contribution in [3.05, 3.63) is 87.7 Å². The van der Waals surface area contributed by atoms with Crippen LogP contribution in [0.4, 0.5) is 4.39 Å². The fraction of sp³-hybridized carbons (Fsp3) is 0.441. The summed E-state index contributed by atoms with van der Waals surface area (Å²) >= 11 is 12.9. The lowest BCUT2D eigenvalue weighted by Gasteiger charge is -2.39. The maximum atomic E-state index is 14.5.